The van der Waals surface area contributed by atoms with Gasteiger partial charge in [-0.3, -0.25) is 9.59 Å². The standard InChI is InChI=1S/C25H21N7O4/c33-23(31-21-12-6-4-10-18(21)27-29-31)15-14-20(26-25(35)36-16-17-8-2-1-3-9-17)24(34)32-22-13-7-5-11-19(22)28-30-32/h1-13,20H,14-16H2,(H,26,35)/t20-/m0/s1. The summed E-state index contributed by atoms with van der Waals surface area (Å²) in [7, 11) is 0. The van der Waals surface area contributed by atoms with Crippen LogP contribution < -0.4 is 5.32 Å². The van der Waals surface area contributed by atoms with Crippen LogP contribution in [-0.2, 0) is 11.3 Å². The molecule has 36 heavy (non-hydrogen) atoms. The molecule has 2 heterocycles. The Bertz CT molecular complexity index is 1540. The molecule has 11 nitrogen and oxygen atoms in total. The molecule has 1 amide bonds. The fourth-order valence-corrected chi connectivity index (χ4v) is 3.77. The fourth-order valence-electron chi connectivity index (χ4n) is 3.77. The largest absolute Gasteiger partial charge is 0.445 e. The van der Waals surface area contributed by atoms with Crippen molar-refractivity contribution in [1.82, 2.24) is 35.3 Å². The molecule has 0 aliphatic carbocycles. The van der Waals surface area contributed by atoms with Gasteiger partial charge < -0.3 is 10.1 Å². The molecule has 11 heteroatoms. The lowest BCUT2D eigenvalue weighted by Gasteiger charge is -2.17. The Labute approximate surface area is 204 Å². The average Bonchev–Trinajstić information content (AvgIpc) is 3.54. The van der Waals surface area contributed by atoms with Crippen LogP contribution in [0.3, 0.4) is 0 Å². The summed E-state index contributed by atoms with van der Waals surface area (Å²) in [4.78, 5) is 38.9. The van der Waals surface area contributed by atoms with Gasteiger partial charge in [-0.15, -0.1) is 10.2 Å². The number of aromatic nitrogens is 6. The van der Waals surface area contributed by atoms with Gasteiger partial charge in [-0.25, -0.2) is 4.79 Å². The van der Waals surface area contributed by atoms with Crippen LogP contribution in [0, 0.1) is 0 Å². The van der Waals surface area contributed by atoms with Gasteiger partial charge in [0.1, 0.15) is 23.7 Å². The van der Waals surface area contributed by atoms with E-state index >= 15 is 0 Å². The number of alkyl carbamates (subject to hydrolysis) is 1. The number of benzene rings is 3. The maximum absolute atomic E-state index is 13.4. The van der Waals surface area contributed by atoms with E-state index in [1.54, 1.807) is 48.5 Å². The van der Waals surface area contributed by atoms with Crippen LogP contribution in [0.1, 0.15) is 28.0 Å². The first-order valence-electron chi connectivity index (χ1n) is 11.3. The molecular formula is C25H21N7O4. The zero-order valence-corrected chi connectivity index (χ0v) is 19.0. The number of para-hydroxylation sites is 2. The van der Waals surface area contributed by atoms with E-state index in [9.17, 15) is 14.4 Å². The summed E-state index contributed by atoms with van der Waals surface area (Å²) in [5.74, 6) is -0.916. The molecule has 0 aliphatic rings. The Kier molecular flexibility index (Phi) is 6.43. The van der Waals surface area contributed by atoms with Gasteiger partial charge in [0.25, 0.3) is 5.91 Å². The molecule has 0 saturated heterocycles. The van der Waals surface area contributed by atoms with E-state index in [0.717, 1.165) is 10.2 Å². The summed E-state index contributed by atoms with van der Waals surface area (Å²) < 4.78 is 7.60. The predicted molar refractivity (Wildman–Crippen MR) is 129 cm³/mol. The molecule has 1 N–H and O–H groups in total. The number of rotatable bonds is 7. The first-order valence-corrected chi connectivity index (χ1v) is 11.3. The normalized spacial score (nSPS) is 11.9. The van der Waals surface area contributed by atoms with Crippen LogP contribution in [0.5, 0.6) is 0 Å². The van der Waals surface area contributed by atoms with E-state index in [4.69, 9.17) is 4.74 Å². The van der Waals surface area contributed by atoms with Crippen molar-refractivity contribution in [3.05, 3.63) is 84.4 Å². The Morgan fingerprint density at radius 3 is 2.06 bits per heavy atom. The number of ether oxygens (including phenoxy) is 1. The molecule has 0 spiro atoms. The minimum Gasteiger partial charge on any atom is -0.445 e. The summed E-state index contributed by atoms with van der Waals surface area (Å²) in [6.07, 6.45) is -0.893. The van der Waals surface area contributed by atoms with Gasteiger partial charge in [-0.2, -0.15) is 9.36 Å². The first-order chi connectivity index (χ1) is 17.6. The van der Waals surface area contributed by atoms with E-state index in [1.165, 1.54) is 4.68 Å². The number of nitrogens with one attached hydrogen (secondary N) is 1. The van der Waals surface area contributed by atoms with Crippen LogP contribution in [0.25, 0.3) is 22.1 Å². The zero-order chi connectivity index (χ0) is 24.9. The lowest BCUT2D eigenvalue weighted by Crippen LogP contribution is -2.44. The number of nitrogens with zero attached hydrogens (tertiary/aromatic N) is 6. The average molecular weight is 483 g/mol. The van der Waals surface area contributed by atoms with E-state index in [-0.39, 0.29) is 25.4 Å². The molecule has 2 aromatic heterocycles. The predicted octanol–water partition coefficient (Wildman–Crippen LogP) is 3.23. The summed E-state index contributed by atoms with van der Waals surface area (Å²) in [6, 6.07) is 22.1. The third-order valence-corrected chi connectivity index (χ3v) is 5.60. The van der Waals surface area contributed by atoms with Crippen LogP contribution in [-0.4, -0.2) is 53.9 Å². The smallest absolute Gasteiger partial charge is 0.408 e. The minimum absolute atomic E-state index is 0.0134. The second-order valence-electron chi connectivity index (χ2n) is 8.01. The molecule has 0 radical (unpaired) electrons. The van der Waals surface area contributed by atoms with Gasteiger partial charge in [-0.1, -0.05) is 65.0 Å². The number of fused-ring (bicyclic) bond motifs is 2. The Hall–Kier alpha value is -4.93. The maximum atomic E-state index is 13.4. The second-order valence-corrected chi connectivity index (χ2v) is 8.01. The van der Waals surface area contributed by atoms with Crippen LogP contribution in [0.2, 0.25) is 0 Å². The van der Waals surface area contributed by atoms with Crippen molar-refractivity contribution >= 4 is 40.0 Å². The molecule has 0 fully saturated rings. The Morgan fingerprint density at radius 2 is 1.36 bits per heavy atom. The summed E-state index contributed by atoms with van der Waals surface area (Å²) in [5, 5.41) is 18.5. The van der Waals surface area contributed by atoms with E-state index in [2.05, 4.69) is 25.9 Å². The lowest BCUT2D eigenvalue weighted by atomic mass is 10.1. The molecule has 5 rings (SSSR count). The van der Waals surface area contributed by atoms with Crippen LogP contribution in [0.4, 0.5) is 4.79 Å². The maximum Gasteiger partial charge on any atom is 0.408 e. The van der Waals surface area contributed by atoms with Crippen molar-refractivity contribution in [3.63, 3.8) is 0 Å². The molecule has 0 aliphatic heterocycles. The van der Waals surface area contributed by atoms with Gasteiger partial charge in [0.15, 0.2) is 0 Å². The van der Waals surface area contributed by atoms with Gasteiger partial charge in [-0.05, 0) is 36.2 Å². The van der Waals surface area contributed by atoms with Gasteiger partial charge in [0.2, 0.25) is 5.91 Å². The molecule has 0 saturated carbocycles. The molecule has 1 atom stereocenters. The highest BCUT2D eigenvalue weighted by molar-refractivity contribution is 5.94. The SMILES string of the molecule is O=C(N[C@@H](CCC(=O)n1nnc2ccccc21)C(=O)n1nnc2ccccc21)OCc1ccccc1. The van der Waals surface area contributed by atoms with Crippen molar-refractivity contribution in [2.24, 2.45) is 0 Å². The topological polar surface area (TPSA) is 134 Å². The summed E-state index contributed by atoms with van der Waals surface area (Å²) in [5.41, 5.74) is 2.95. The van der Waals surface area contributed by atoms with Gasteiger partial charge in [0, 0.05) is 6.42 Å². The Morgan fingerprint density at radius 1 is 0.778 bits per heavy atom. The van der Waals surface area contributed by atoms with Crippen LogP contribution >= 0.6 is 0 Å². The fraction of sp³-hybridized carbons (Fsp3) is 0.160. The first kappa shape index (κ1) is 22.8. The zero-order valence-electron chi connectivity index (χ0n) is 19.0. The van der Waals surface area contributed by atoms with E-state index in [0.29, 0.717) is 22.1 Å². The van der Waals surface area contributed by atoms with Crippen molar-refractivity contribution in [2.45, 2.75) is 25.5 Å². The molecular weight excluding hydrogens is 462 g/mol. The molecule has 5 aromatic rings. The number of amides is 1. The number of hydrogen-bond acceptors (Lipinski definition) is 8. The second kappa shape index (κ2) is 10.1. The van der Waals surface area contributed by atoms with Gasteiger partial charge >= 0.3 is 6.09 Å². The Balaban J connectivity index is 1.33. The summed E-state index contributed by atoms with van der Waals surface area (Å²) >= 11 is 0. The van der Waals surface area contributed by atoms with Crippen LogP contribution in [0.15, 0.2) is 78.9 Å². The monoisotopic (exact) mass is 483 g/mol. The molecule has 180 valence electrons. The quantitative estimate of drug-likeness (QED) is 0.373. The molecule has 3 aromatic carbocycles. The molecule has 0 unspecified atom stereocenters. The number of hydrogen-bond donors (Lipinski definition) is 1. The highest BCUT2D eigenvalue weighted by Crippen LogP contribution is 2.14. The van der Waals surface area contributed by atoms with Gasteiger partial charge in [0.05, 0.1) is 11.0 Å². The number of carbonyl (C=O) groups excluding carboxylic acids is 3. The van der Waals surface area contributed by atoms with E-state index < -0.39 is 18.0 Å². The third kappa shape index (κ3) is 4.80. The lowest BCUT2D eigenvalue weighted by molar-refractivity contribution is 0.0799. The van der Waals surface area contributed by atoms with E-state index in [1.807, 2.05) is 30.3 Å². The highest BCUT2D eigenvalue weighted by atomic mass is 16.5. The van der Waals surface area contributed by atoms with Crippen molar-refractivity contribution in [2.75, 3.05) is 0 Å². The highest BCUT2D eigenvalue weighted by Gasteiger charge is 2.27. The van der Waals surface area contributed by atoms with Crippen molar-refractivity contribution < 1.29 is 19.1 Å². The van der Waals surface area contributed by atoms with Crippen molar-refractivity contribution in [1.29, 1.82) is 0 Å². The summed E-state index contributed by atoms with van der Waals surface area (Å²) in [6.45, 7) is 0.0315. The molecule has 0 bridgehead atoms. The van der Waals surface area contributed by atoms with Crippen molar-refractivity contribution in [3.8, 4) is 0 Å². The minimum atomic E-state index is -1.10. The number of carbonyl (C=O) groups is 3. The third-order valence-electron chi connectivity index (χ3n) is 5.60.